The van der Waals surface area contributed by atoms with Crippen LogP contribution >= 0.6 is 15.9 Å². The van der Waals surface area contributed by atoms with E-state index >= 15 is 0 Å². The van der Waals surface area contributed by atoms with Crippen LogP contribution in [-0.2, 0) is 4.79 Å². The predicted molar refractivity (Wildman–Crippen MR) is 101 cm³/mol. The maximum absolute atomic E-state index is 12.8. The highest BCUT2D eigenvalue weighted by atomic mass is 79.9. The normalized spacial score (nSPS) is 11.6. The Morgan fingerprint density at radius 3 is 2.26 bits per heavy atom. The molecule has 0 aliphatic heterocycles. The van der Waals surface area contributed by atoms with E-state index in [-0.39, 0.29) is 5.78 Å². The van der Waals surface area contributed by atoms with Crippen molar-refractivity contribution in [2.45, 2.75) is 0 Å². The van der Waals surface area contributed by atoms with Crippen LogP contribution in [0.15, 0.2) is 71.2 Å². The number of benzene rings is 2. The summed E-state index contributed by atoms with van der Waals surface area (Å²) in [4.78, 5) is 14.8. The maximum atomic E-state index is 12.8. The summed E-state index contributed by atoms with van der Waals surface area (Å²) < 4.78 is 1.01. The second kappa shape index (κ2) is 8.04. The monoisotopic (exact) mass is 369 g/mol. The molecule has 2 rings (SSSR count). The zero-order valence-corrected chi connectivity index (χ0v) is 15.0. The zero-order chi connectivity index (χ0) is 16.8. The molecular formula is C20H20BrNO. The number of carbonyl (C=O) groups is 1. The van der Waals surface area contributed by atoms with E-state index in [1.54, 1.807) is 0 Å². The van der Waals surface area contributed by atoms with Crippen molar-refractivity contribution in [2.75, 3.05) is 20.6 Å². The van der Waals surface area contributed by atoms with Gasteiger partial charge in [-0.15, -0.1) is 0 Å². The first-order valence-electron chi connectivity index (χ1n) is 7.37. The highest BCUT2D eigenvalue weighted by Gasteiger charge is 2.16. The number of halogens is 1. The molecule has 0 unspecified atom stereocenters. The summed E-state index contributed by atoms with van der Waals surface area (Å²) in [6.45, 7) is 4.50. The predicted octanol–water partition coefficient (Wildman–Crippen LogP) is 4.68. The first-order chi connectivity index (χ1) is 11.0. The Labute approximate surface area is 146 Å². The smallest absolute Gasteiger partial charge is 0.190 e. The van der Waals surface area contributed by atoms with Gasteiger partial charge in [-0.3, -0.25) is 4.79 Å². The summed E-state index contributed by atoms with van der Waals surface area (Å²) in [5.74, 6) is -0.0205. The van der Waals surface area contributed by atoms with Gasteiger partial charge < -0.3 is 4.90 Å². The molecule has 0 aromatic heterocycles. The van der Waals surface area contributed by atoms with Crippen LogP contribution in [0.4, 0.5) is 0 Å². The van der Waals surface area contributed by atoms with Gasteiger partial charge in [0.15, 0.2) is 5.78 Å². The first kappa shape index (κ1) is 17.4. The molecule has 3 heteroatoms. The fraction of sp³-hybridized carbons (Fsp3) is 0.150. The topological polar surface area (TPSA) is 20.3 Å². The lowest BCUT2D eigenvalue weighted by molar-refractivity contribution is -0.110. The molecule has 0 heterocycles. The van der Waals surface area contributed by atoms with Crippen molar-refractivity contribution < 1.29 is 4.79 Å². The van der Waals surface area contributed by atoms with Crippen LogP contribution in [-0.4, -0.2) is 31.3 Å². The lowest BCUT2D eigenvalue weighted by Gasteiger charge is -2.14. The van der Waals surface area contributed by atoms with Crippen LogP contribution in [0.5, 0.6) is 0 Å². The lowest BCUT2D eigenvalue weighted by Crippen LogP contribution is -2.19. The fourth-order valence-electron chi connectivity index (χ4n) is 2.27. The molecule has 0 N–H and O–H groups in total. The Morgan fingerprint density at radius 1 is 1.09 bits per heavy atom. The number of nitrogens with zero attached hydrogens (tertiary/aromatic N) is 1. The summed E-state index contributed by atoms with van der Waals surface area (Å²) in [6.07, 6.45) is 1.92. The number of hydrogen-bond acceptors (Lipinski definition) is 2. The van der Waals surface area contributed by atoms with Gasteiger partial charge in [0.25, 0.3) is 0 Å². The molecule has 0 aliphatic rings. The Kier molecular flexibility index (Phi) is 6.08. The molecule has 0 atom stereocenters. The number of likely N-dealkylation sites (N-methyl/N-ethyl adjacent to an activating group) is 1. The third-order valence-electron chi connectivity index (χ3n) is 3.34. The second-order valence-corrected chi connectivity index (χ2v) is 6.56. The van der Waals surface area contributed by atoms with Crippen molar-refractivity contribution in [3.05, 3.63) is 82.3 Å². The van der Waals surface area contributed by atoms with E-state index in [0.717, 1.165) is 15.6 Å². The van der Waals surface area contributed by atoms with Gasteiger partial charge in [0.05, 0.1) is 0 Å². The summed E-state index contributed by atoms with van der Waals surface area (Å²) in [5, 5.41) is 0. The first-order valence-corrected chi connectivity index (χ1v) is 8.16. The molecule has 0 amide bonds. The van der Waals surface area contributed by atoms with Crippen molar-refractivity contribution in [3.8, 4) is 0 Å². The van der Waals surface area contributed by atoms with Crippen molar-refractivity contribution in [3.63, 3.8) is 0 Å². The van der Waals surface area contributed by atoms with Crippen LogP contribution in [0.3, 0.4) is 0 Å². The number of rotatable bonds is 6. The molecule has 2 aromatic rings. The molecule has 0 aliphatic carbocycles. The molecule has 2 aromatic carbocycles. The number of Topliss-reactive ketones (excluding diaryl/α,β-unsaturated/α-hetero) is 1. The van der Waals surface area contributed by atoms with Gasteiger partial charge in [0.1, 0.15) is 0 Å². The van der Waals surface area contributed by atoms with Gasteiger partial charge in [0.2, 0.25) is 0 Å². The molecule has 2 nitrogen and oxygen atoms in total. The van der Waals surface area contributed by atoms with E-state index in [0.29, 0.717) is 17.7 Å². The van der Waals surface area contributed by atoms with Gasteiger partial charge in [-0.05, 0) is 43.4 Å². The molecule has 23 heavy (non-hydrogen) atoms. The standard InChI is InChI=1S/C20H20BrNO/c1-15(14-22(2)3)20(23)19(17-7-5-4-6-8-17)13-16-9-11-18(21)12-10-16/h4-13H,1,14H2,2-3H3/b19-13-. The van der Waals surface area contributed by atoms with E-state index in [4.69, 9.17) is 0 Å². The van der Waals surface area contributed by atoms with Crippen LogP contribution < -0.4 is 0 Å². The molecular weight excluding hydrogens is 350 g/mol. The number of hydrogen-bond donors (Lipinski definition) is 0. The van der Waals surface area contributed by atoms with Gasteiger partial charge in [-0.25, -0.2) is 0 Å². The Bertz CT molecular complexity index is 715. The Morgan fingerprint density at radius 2 is 1.70 bits per heavy atom. The van der Waals surface area contributed by atoms with E-state index in [9.17, 15) is 4.79 Å². The van der Waals surface area contributed by atoms with E-state index in [2.05, 4.69) is 22.5 Å². The number of allylic oxidation sites excluding steroid dienone is 1. The fourth-order valence-corrected chi connectivity index (χ4v) is 2.53. The molecule has 0 bridgehead atoms. The van der Waals surface area contributed by atoms with E-state index < -0.39 is 0 Å². The van der Waals surface area contributed by atoms with Crippen molar-refractivity contribution >= 4 is 33.4 Å². The van der Waals surface area contributed by atoms with Gasteiger partial charge >= 0.3 is 0 Å². The van der Waals surface area contributed by atoms with Crippen LogP contribution in [0, 0.1) is 0 Å². The van der Waals surface area contributed by atoms with E-state index in [1.807, 2.05) is 79.7 Å². The van der Waals surface area contributed by atoms with Gasteiger partial charge in [0, 0.05) is 22.2 Å². The number of carbonyl (C=O) groups excluding carboxylic acids is 1. The van der Waals surface area contributed by atoms with Crippen LogP contribution in [0.1, 0.15) is 11.1 Å². The Balaban J connectivity index is 2.42. The highest BCUT2D eigenvalue weighted by Crippen LogP contribution is 2.23. The molecule has 118 valence electrons. The molecule has 0 radical (unpaired) electrons. The van der Waals surface area contributed by atoms with Crippen LogP contribution in [0.25, 0.3) is 11.6 Å². The van der Waals surface area contributed by atoms with Gasteiger partial charge in [-0.1, -0.05) is 65.0 Å². The van der Waals surface area contributed by atoms with Crippen LogP contribution in [0.2, 0.25) is 0 Å². The SMILES string of the molecule is C=C(CN(C)C)C(=O)/C(=C\c1ccc(Br)cc1)c1ccccc1. The van der Waals surface area contributed by atoms with E-state index in [1.165, 1.54) is 0 Å². The van der Waals surface area contributed by atoms with Gasteiger partial charge in [-0.2, -0.15) is 0 Å². The molecule has 0 saturated carbocycles. The molecule has 0 fully saturated rings. The third-order valence-corrected chi connectivity index (χ3v) is 3.87. The highest BCUT2D eigenvalue weighted by molar-refractivity contribution is 9.10. The average molecular weight is 370 g/mol. The molecule has 0 saturated heterocycles. The lowest BCUT2D eigenvalue weighted by atomic mass is 9.95. The van der Waals surface area contributed by atoms with Crippen molar-refractivity contribution in [1.82, 2.24) is 4.90 Å². The second-order valence-electron chi connectivity index (χ2n) is 5.65. The summed E-state index contributed by atoms with van der Waals surface area (Å²) >= 11 is 3.43. The summed E-state index contributed by atoms with van der Waals surface area (Å²) in [7, 11) is 3.86. The average Bonchev–Trinajstić information content (AvgIpc) is 2.54. The summed E-state index contributed by atoms with van der Waals surface area (Å²) in [6, 6.07) is 17.6. The minimum Gasteiger partial charge on any atom is -0.305 e. The Hall–Kier alpha value is -1.97. The zero-order valence-electron chi connectivity index (χ0n) is 13.4. The molecule has 0 spiro atoms. The minimum atomic E-state index is -0.0205. The number of ketones is 1. The third kappa shape index (κ3) is 5.02. The maximum Gasteiger partial charge on any atom is 0.190 e. The van der Waals surface area contributed by atoms with Crippen molar-refractivity contribution in [1.29, 1.82) is 0 Å². The van der Waals surface area contributed by atoms with Crippen molar-refractivity contribution in [2.24, 2.45) is 0 Å². The quantitative estimate of drug-likeness (QED) is 0.544. The largest absolute Gasteiger partial charge is 0.305 e. The summed E-state index contributed by atoms with van der Waals surface area (Å²) in [5.41, 5.74) is 3.14. The minimum absolute atomic E-state index is 0.0205.